The van der Waals surface area contributed by atoms with Crippen molar-refractivity contribution in [2.45, 2.75) is 24.8 Å². The Morgan fingerprint density at radius 2 is 1.90 bits per heavy atom. The number of rotatable bonds is 5. The highest BCUT2D eigenvalue weighted by Gasteiger charge is 2.06. The van der Waals surface area contributed by atoms with E-state index in [1.807, 2.05) is 25.1 Å². The summed E-state index contributed by atoms with van der Waals surface area (Å²) >= 11 is 1.46. The minimum Gasteiger partial charge on any atom is -0.295 e. The number of Topliss-reactive ketones (excluding diaryl/α,β-unsaturated/α-hetero) is 1. The van der Waals surface area contributed by atoms with Crippen LogP contribution in [0.4, 0.5) is 4.39 Å². The van der Waals surface area contributed by atoms with E-state index in [1.165, 1.54) is 24.1 Å². The molecular weight excluding hydrogens is 273 g/mol. The molecule has 0 aliphatic heterocycles. The molecule has 0 bridgehead atoms. The average Bonchev–Trinajstić information content (AvgIpc) is 2.46. The van der Waals surface area contributed by atoms with E-state index in [0.717, 1.165) is 10.5 Å². The van der Waals surface area contributed by atoms with E-state index >= 15 is 0 Å². The summed E-state index contributed by atoms with van der Waals surface area (Å²) in [6.07, 6.45) is 0. The van der Waals surface area contributed by atoms with Crippen molar-refractivity contribution in [3.8, 4) is 0 Å². The fourth-order valence-electron chi connectivity index (χ4n) is 1.75. The second kappa shape index (κ2) is 6.68. The lowest BCUT2D eigenvalue weighted by molar-refractivity contribution is 0.101. The quantitative estimate of drug-likeness (QED) is 0.654. The van der Waals surface area contributed by atoms with Crippen molar-refractivity contribution in [3.05, 3.63) is 65.5 Å². The van der Waals surface area contributed by atoms with Gasteiger partial charge in [0.25, 0.3) is 0 Å². The Bertz CT molecular complexity index is 598. The fourth-order valence-corrected chi connectivity index (χ4v) is 2.54. The Balaban J connectivity index is 1.99. The van der Waals surface area contributed by atoms with Crippen molar-refractivity contribution in [1.29, 1.82) is 0 Å². The Hall–Kier alpha value is -1.65. The summed E-state index contributed by atoms with van der Waals surface area (Å²) < 4.78 is 16.1. The van der Waals surface area contributed by atoms with E-state index in [2.05, 4.69) is 4.72 Å². The molecule has 2 rings (SSSR count). The number of carbonyl (C=O) groups excluding carboxylic acids is 1. The number of carbonyl (C=O) groups is 1. The van der Waals surface area contributed by atoms with E-state index in [1.54, 1.807) is 25.1 Å². The molecule has 0 spiro atoms. The molecule has 4 heteroatoms. The molecule has 0 radical (unpaired) electrons. The van der Waals surface area contributed by atoms with Gasteiger partial charge in [0.05, 0.1) is 0 Å². The van der Waals surface area contributed by atoms with Crippen molar-refractivity contribution < 1.29 is 9.18 Å². The van der Waals surface area contributed by atoms with E-state index in [-0.39, 0.29) is 17.6 Å². The smallest absolute Gasteiger partial charge is 0.159 e. The van der Waals surface area contributed by atoms with Gasteiger partial charge >= 0.3 is 0 Å². The molecule has 0 amide bonds. The number of hydrogen-bond donors (Lipinski definition) is 1. The van der Waals surface area contributed by atoms with Gasteiger partial charge in [-0.25, -0.2) is 4.39 Å². The van der Waals surface area contributed by atoms with Crippen molar-refractivity contribution in [2.75, 3.05) is 0 Å². The minimum atomic E-state index is -0.234. The summed E-state index contributed by atoms with van der Waals surface area (Å²) in [5.74, 6) is -0.179. The van der Waals surface area contributed by atoms with Gasteiger partial charge in [-0.2, -0.15) is 0 Å². The Morgan fingerprint density at radius 3 is 2.55 bits per heavy atom. The van der Waals surface area contributed by atoms with Crippen LogP contribution in [0, 0.1) is 5.82 Å². The summed E-state index contributed by atoms with van der Waals surface area (Å²) in [6, 6.07) is 14.0. The van der Waals surface area contributed by atoms with Crippen LogP contribution in [0.15, 0.2) is 53.4 Å². The van der Waals surface area contributed by atoms with Gasteiger partial charge < -0.3 is 0 Å². The number of benzene rings is 2. The maximum Gasteiger partial charge on any atom is 0.159 e. The molecule has 0 aliphatic carbocycles. The molecule has 0 aromatic heterocycles. The zero-order chi connectivity index (χ0) is 14.5. The molecule has 2 aromatic carbocycles. The van der Waals surface area contributed by atoms with Crippen LogP contribution in [0.25, 0.3) is 0 Å². The molecule has 0 heterocycles. The maximum atomic E-state index is 12.9. The first-order chi connectivity index (χ1) is 9.56. The third kappa shape index (κ3) is 3.92. The van der Waals surface area contributed by atoms with Gasteiger partial charge in [-0.3, -0.25) is 9.52 Å². The van der Waals surface area contributed by atoms with Crippen LogP contribution < -0.4 is 4.72 Å². The van der Waals surface area contributed by atoms with Gasteiger partial charge in [0, 0.05) is 16.5 Å². The topological polar surface area (TPSA) is 29.1 Å². The zero-order valence-electron chi connectivity index (χ0n) is 11.4. The van der Waals surface area contributed by atoms with Gasteiger partial charge in [-0.15, -0.1) is 0 Å². The lowest BCUT2D eigenvalue weighted by atomic mass is 10.1. The SMILES string of the molecule is CC(=O)c1cccc(SNC(C)c2ccc(F)cc2)c1. The molecule has 0 aliphatic rings. The van der Waals surface area contributed by atoms with Crippen LogP contribution in [-0.4, -0.2) is 5.78 Å². The van der Waals surface area contributed by atoms with Gasteiger partial charge in [0.2, 0.25) is 0 Å². The van der Waals surface area contributed by atoms with Crippen LogP contribution in [-0.2, 0) is 0 Å². The predicted molar refractivity (Wildman–Crippen MR) is 80.3 cm³/mol. The highest BCUT2D eigenvalue weighted by molar-refractivity contribution is 7.97. The second-order valence-electron chi connectivity index (χ2n) is 4.58. The first kappa shape index (κ1) is 14.8. The Kier molecular flexibility index (Phi) is 4.93. The number of halogens is 1. The third-order valence-corrected chi connectivity index (χ3v) is 3.93. The van der Waals surface area contributed by atoms with Crippen molar-refractivity contribution in [2.24, 2.45) is 0 Å². The summed E-state index contributed by atoms with van der Waals surface area (Å²) in [5, 5.41) is 0. The van der Waals surface area contributed by atoms with Gasteiger partial charge in [0.1, 0.15) is 5.82 Å². The molecule has 0 saturated carbocycles. The van der Waals surface area contributed by atoms with Crippen LogP contribution in [0.5, 0.6) is 0 Å². The molecule has 20 heavy (non-hydrogen) atoms. The Morgan fingerprint density at radius 1 is 1.20 bits per heavy atom. The highest BCUT2D eigenvalue weighted by Crippen LogP contribution is 2.22. The molecule has 2 aromatic rings. The predicted octanol–water partition coefficient (Wildman–Crippen LogP) is 4.39. The molecule has 104 valence electrons. The standard InChI is InChI=1S/C16H16FNOS/c1-11(13-6-8-15(17)9-7-13)18-20-16-5-3-4-14(10-16)12(2)19/h3-11,18H,1-2H3. The monoisotopic (exact) mass is 289 g/mol. The average molecular weight is 289 g/mol. The molecular formula is C16H16FNOS. The third-order valence-electron chi connectivity index (χ3n) is 2.96. The maximum absolute atomic E-state index is 12.9. The zero-order valence-corrected chi connectivity index (χ0v) is 12.2. The number of nitrogens with one attached hydrogen (secondary N) is 1. The van der Waals surface area contributed by atoms with E-state index in [9.17, 15) is 9.18 Å². The largest absolute Gasteiger partial charge is 0.295 e. The number of hydrogen-bond acceptors (Lipinski definition) is 3. The van der Waals surface area contributed by atoms with E-state index in [0.29, 0.717) is 5.56 Å². The highest BCUT2D eigenvalue weighted by atomic mass is 32.2. The molecule has 1 N–H and O–H groups in total. The summed E-state index contributed by atoms with van der Waals surface area (Å²) in [7, 11) is 0. The molecule has 1 atom stereocenters. The molecule has 1 unspecified atom stereocenters. The summed E-state index contributed by atoms with van der Waals surface area (Å²) in [6.45, 7) is 3.56. The summed E-state index contributed by atoms with van der Waals surface area (Å²) in [4.78, 5) is 12.3. The van der Waals surface area contributed by atoms with Gasteiger partial charge in [0.15, 0.2) is 5.78 Å². The van der Waals surface area contributed by atoms with Gasteiger partial charge in [-0.05, 0) is 55.6 Å². The van der Waals surface area contributed by atoms with Crippen LogP contribution in [0.3, 0.4) is 0 Å². The lowest BCUT2D eigenvalue weighted by Crippen LogP contribution is -2.10. The van der Waals surface area contributed by atoms with E-state index in [4.69, 9.17) is 0 Å². The molecule has 2 nitrogen and oxygen atoms in total. The van der Waals surface area contributed by atoms with Gasteiger partial charge in [-0.1, -0.05) is 24.3 Å². The fraction of sp³-hybridized carbons (Fsp3) is 0.188. The minimum absolute atomic E-state index is 0.0547. The lowest BCUT2D eigenvalue weighted by Gasteiger charge is -2.13. The van der Waals surface area contributed by atoms with Crippen LogP contribution in [0.2, 0.25) is 0 Å². The Labute approximate surface area is 122 Å². The first-order valence-electron chi connectivity index (χ1n) is 6.35. The normalized spacial score (nSPS) is 12.2. The van der Waals surface area contributed by atoms with Crippen molar-refractivity contribution >= 4 is 17.7 Å². The number of ketones is 1. The molecule has 0 saturated heterocycles. The molecule has 0 fully saturated rings. The second-order valence-corrected chi connectivity index (χ2v) is 5.49. The summed E-state index contributed by atoms with van der Waals surface area (Å²) in [5.41, 5.74) is 1.72. The van der Waals surface area contributed by atoms with E-state index < -0.39 is 0 Å². The van der Waals surface area contributed by atoms with Crippen molar-refractivity contribution in [3.63, 3.8) is 0 Å². The van der Waals surface area contributed by atoms with Crippen molar-refractivity contribution in [1.82, 2.24) is 4.72 Å². The first-order valence-corrected chi connectivity index (χ1v) is 7.17. The van der Waals surface area contributed by atoms with Crippen LogP contribution >= 0.6 is 11.9 Å². The van der Waals surface area contributed by atoms with Crippen LogP contribution in [0.1, 0.15) is 35.8 Å².